The molecule has 164 valence electrons. The Morgan fingerprint density at radius 1 is 1.23 bits per heavy atom. The molecule has 1 aromatic carbocycles. The summed E-state index contributed by atoms with van der Waals surface area (Å²) >= 11 is 0. The molecule has 0 heterocycles. The largest absolute Gasteiger partial charge is 0.457 e. The van der Waals surface area contributed by atoms with E-state index in [1.165, 1.54) is 0 Å². The van der Waals surface area contributed by atoms with Crippen LogP contribution < -0.4 is 0 Å². The molecule has 1 fully saturated rings. The molecule has 0 aromatic heterocycles. The number of ether oxygens (including phenoxy) is 2. The van der Waals surface area contributed by atoms with Crippen molar-refractivity contribution >= 4 is 11.9 Å². The van der Waals surface area contributed by atoms with Crippen molar-refractivity contribution < 1.29 is 24.2 Å². The number of esters is 2. The number of rotatable bonds is 8. The minimum absolute atomic E-state index is 0.0591. The molecule has 0 amide bonds. The predicted molar refractivity (Wildman–Crippen MR) is 117 cm³/mol. The van der Waals surface area contributed by atoms with Crippen LogP contribution in [0.25, 0.3) is 0 Å². The number of benzene rings is 1. The Balaban J connectivity index is 2.10. The van der Waals surface area contributed by atoms with Gasteiger partial charge in [0.05, 0.1) is 12.2 Å². The maximum Gasteiger partial charge on any atom is 0.338 e. The summed E-state index contributed by atoms with van der Waals surface area (Å²) in [6.07, 6.45) is 1.90. The Labute approximate surface area is 179 Å². The monoisotopic (exact) mass is 414 g/mol. The highest BCUT2D eigenvalue weighted by Gasteiger charge is 2.57. The number of carbonyl (C=O) groups excluding carboxylic acids is 2. The lowest BCUT2D eigenvalue weighted by atomic mass is 10.0. The Bertz CT molecular complexity index is 814. The normalized spacial score (nSPS) is 21.5. The van der Waals surface area contributed by atoms with Crippen LogP contribution in [0.4, 0.5) is 0 Å². The third-order valence-corrected chi connectivity index (χ3v) is 5.67. The SMILES string of the molecule is C=C(CO)[C@@H](C[C@H]1[C@@H](/C=C(\C)C(=O)OC(C)(C)C)C1(C)C)OC(=O)c1ccccc1. The number of hydrogen-bond acceptors (Lipinski definition) is 5. The second kappa shape index (κ2) is 9.17. The topological polar surface area (TPSA) is 72.8 Å². The number of aliphatic hydroxyl groups is 1. The third-order valence-electron chi connectivity index (χ3n) is 5.67. The average Bonchev–Trinajstić information content (AvgIpc) is 3.17. The van der Waals surface area contributed by atoms with Crippen molar-refractivity contribution in [1.29, 1.82) is 0 Å². The average molecular weight is 415 g/mol. The van der Waals surface area contributed by atoms with Crippen molar-refractivity contribution in [2.75, 3.05) is 6.61 Å². The Kier molecular flexibility index (Phi) is 7.30. The molecule has 1 N–H and O–H groups in total. The van der Waals surface area contributed by atoms with Crippen LogP contribution in [-0.4, -0.2) is 35.4 Å². The molecule has 2 rings (SSSR count). The van der Waals surface area contributed by atoms with Gasteiger partial charge in [-0.05, 0) is 69.1 Å². The van der Waals surface area contributed by atoms with Crippen LogP contribution >= 0.6 is 0 Å². The first kappa shape index (κ1) is 23.9. The third kappa shape index (κ3) is 6.05. The Morgan fingerprint density at radius 2 is 1.83 bits per heavy atom. The van der Waals surface area contributed by atoms with E-state index in [4.69, 9.17) is 9.47 Å². The molecule has 30 heavy (non-hydrogen) atoms. The summed E-state index contributed by atoms with van der Waals surface area (Å²) in [5.41, 5.74) is 0.898. The number of hydrogen-bond donors (Lipinski definition) is 1. The van der Waals surface area contributed by atoms with E-state index in [1.54, 1.807) is 31.2 Å². The molecule has 5 heteroatoms. The lowest BCUT2D eigenvalue weighted by Gasteiger charge is -2.20. The van der Waals surface area contributed by atoms with Gasteiger partial charge in [-0.15, -0.1) is 0 Å². The fourth-order valence-electron chi connectivity index (χ4n) is 3.67. The van der Waals surface area contributed by atoms with Gasteiger partial charge in [-0.25, -0.2) is 9.59 Å². The van der Waals surface area contributed by atoms with Crippen molar-refractivity contribution in [3.63, 3.8) is 0 Å². The first-order valence-electron chi connectivity index (χ1n) is 10.3. The van der Waals surface area contributed by atoms with Gasteiger partial charge in [0.25, 0.3) is 0 Å². The van der Waals surface area contributed by atoms with Crippen molar-refractivity contribution in [2.45, 2.75) is 59.7 Å². The summed E-state index contributed by atoms with van der Waals surface area (Å²) in [6.45, 7) is 15.2. The zero-order valence-electron chi connectivity index (χ0n) is 18.9. The molecule has 1 aliphatic rings. The highest BCUT2D eigenvalue weighted by Crippen LogP contribution is 2.61. The van der Waals surface area contributed by atoms with Crippen LogP contribution in [0.15, 0.2) is 54.1 Å². The lowest BCUT2D eigenvalue weighted by Crippen LogP contribution is -2.24. The molecule has 1 aromatic rings. The highest BCUT2D eigenvalue weighted by atomic mass is 16.6. The first-order chi connectivity index (χ1) is 13.9. The molecule has 0 aliphatic heterocycles. The zero-order chi connectivity index (χ0) is 22.7. The van der Waals surface area contributed by atoms with E-state index in [-0.39, 0.29) is 29.8 Å². The van der Waals surface area contributed by atoms with Gasteiger partial charge in [-0.1, -0.05) is 44.7 Å². The van der Waals surface area contributed by atoms with Gasteiger partial charge in [0.2, 0.25) is 0 Å². The van der Waals surface area contributed by atoms with E-state index in [1.807, 2.05) is 32.9 Å². The Morgan fingerprint density at radius 3 is 2.37 bits per heavy atom. The molecule has 5 nitrogen and oxygen atoms in total. The second-order valence-corrected chi connectivity index (χ2v) is 9.62. The lowest BCUT2D eigenvalue weighted by molar-refractivity contribution is -0.149. The van der Waals surface area contributed by atoms with Gasteiger partial charge >= 0.3 is 11.9 Å². The number of aliphatic hydroxyl groups excluding tert-OH is 1. The van der Waals surface area contributed by atoms with Gasteiger partial charge in [0, 0.05) is 5.57 Å². The van der Waals surface area contributed by atoms with E-state index in [0.29, 0.717) is 23.1 Å². The van der Waals surface area contributed by atoms with E-state index >= 15 is 0 Å². The van der Waals surface area contributed by atoms with Crippen LogP contribution in [0.5, 0.6) is 0 Å². The zero-order valence-corrected chi connectivity index (χ0v) is 18.9. The van der Waals surface area contributed by atoms with Gasteiger partial charge in [-0.2, -0.15) is 0 Å². The summed E-state index contributed by atoms with van der Waals surface area (Å²) < 4.78 is 11.1. The van der Waals surface area contributed by atoms with Crippen molar-refractivity contribution in [2.24, 2.45) is 17.3 Å². The maximum atomic E-state index is 12.5. The molecule has 0 spiro atoms. The summed E-state index contributed by atoms with van der Waals surface area (Å²) in [6, 6.07) is 8.76. The van der Waals surface area contributed by atoms with Gasteiger partial charge in [0.1, 0.15) is 11.7 Å². The van der Waals surface area contributed by atoms with Crippen LogP contribution in [0.1, 0.15) is 58.3 Å². The molecule has 0 unspecified atom stereocenters. The second-order valence-electron chi connectivity index (χ2n) is 9.62. The van der Waals surface area contributed by atoms with E-state index < -0.39 is 17.7 Å². The van der Waals surface area contributed by atoms with Gasteiger partial charge in [0.15, 0.2) is 0 Å². The molecule has 1 aliphatic carbocycles. The van der Waals surface area contributed by atoms with Crippen LogP contribution in [0.3, 0.4) is 0 Å². The van der Waals surface area contributed by atoms with Gasteiger partial charge < -0.3 is 14.6 Å². The highest BCUT2D eigenvalue weighted by molar-refractivity contribution is 5.89. The summed E-state index contributed by atoms with van der Waals surface area (Å²) in [4.78, 5) is 24.8. The van der Waals surface area contributed by atoms with Crippen LogP contribution in [-0.2, 0) is 14.3 Å². The summed E-state index contributed by atoms with van der Waals surface area (Å²) in [5.74, 6) is -0.428. The first-order valence-corrected chi connectivity index (χ1v) is 10.3. The fraction of sp³-hybridized carbons (Fsp3) is 0.520. The van der Waals surface area contributed by atoms with Crippen LogP contribution in [0, 0.1) is 17.3 Å². The van der Waals surface area contributed by atoms with Crippen molar-refractivity contribution in [3.05, 3.63) is 59.7 Å². The van der Waals surface area contributed by atoms with Crippen LogP contribution in [0.2, 0.25) is 0 Å². The number of carbonyl (C=O) groups is 2. The minimum Gasteiger partial charge on any atom is -0.457 e. The molecule has 3 atom stereocenters. The smallest absolute Gasteiger partial charge is 0.338 e. The molecule has 0 saturated heterocycles. The van der Waals surface area contributed by atoms with E-state index in [2.05, 4.69) is 20.4 Å². The minimum atomic E-state index is -0.591. The molecular formula is C25H34O5. The molecule has 0 radical (unpaired) electrons. The van der Waals surface area contributed by atoms with Crippen molar-refractivity contribution in [3.8, 4) is 0 Å². The molecular weight excluding hydrogens is 380 g/mol. The fourth-order valence-corrected chi connectivity index (χ4v) is 3.67. The van der Waals surface area contributed by atoms with E-state index in [0.717, 1.165) is 0 Å². The van der Waals surface area contributed by atoms with Gasteiger partial charge in [-0.3, -0.25) is 0 Å². The summed E-state index contributed by atoms with van der Waals surface area (Å²) in [5, 5.41) is 9.58. The molecule has 1 saturated carbocycles. The summed E-state index contributed by atoms with van der Waals surface area (Å²) in [7, 11) is 0. The predicted octanol–water partition coefficient (Wildman–Crippen LogP) is 4.71. The molecule has 0 bridgehead atoms. The Hall–Kier alpha value is -2.40. The number of allylic oxidation sites excluding steroid dienone is 1. The standard InChI is InChI=1S/C25H34O5/c1-16(22(27)30-24(3,4)5)13-19-20(25(19,6)7)14-21(17(2)15-26)29-23(28)18-11-9-8-10-12-18/h8-13,19-21,26H,2,14-15H2,1,3-7H3/b16-13+/t19-,20+,21-/m1/s1. The van der Waals surface area contributed by atoms with E-state index in [9.17, 15) is 14.7 Å². The maximum absolute atomic E-state index is 12.5. The quantitative estimate of drug-likeness (QED) is 0.379. The van der Waals surface area contributed by atoms with Crippen molar-refractivity contribution in [1.82, 2.24) is 0 Å².